The first-order valence-electron chi connectivity index (χ1n) is 5.94. The van der Waals surface area contributed by atoms with Crippen LogP contribution in [0.1, 0.15) is 22.5 Å². The molecule has 92 valence electrons. The summed E-state index contributed by atoms with van der Waals surface area (Å²) in [5.41, 5.74) is 8.58. The van der Waals surface area contributed by atoms with Crippen LogP contribution >= 0.6 is 0 Å². The summed E-state index contributed by atoms with van der Waals surface area (Å²) < 4.78 is 2.10. The number of nitrogens with zero attached hydrogens (tertiary/aromatic N) is 3. The van der Waals surface area contributed by atoms with Gasteiger partial charge in [0, 0.05) is 25.4 Å². The summed E-state index contributed by atoms with van der Waals surface area (Å²) >= 11 is 0. The van der Waals surface area contributed by atoms with Crippen molar-refractivity contribution in [3.63, 3.8) is 0 Å². The maximum Gasteiger partial charge on any atom is 0.110 e. The van der Waals surface area contributed by atoms with Crippen LogP contribution in [0.2, 0.25) is 0 Å². The summed E-state index contributed by atoms with van der Waals surface area (Å²) in [6, 6.07) is 7.91. The van der Waals surface area contributed by atoms with Crippen LogP contribution in [0.4, 0.5) is 0 Å². The number of benzene rings is 1. The molecule has 18 heavy (non-hydrogen) atoms. The first kappa shape index (κ1) is 12.3. The van der Waals surface area contributed by atoms with Gasteiger partial charge in [-0.1, -0.05) is 6.07 Å². The molecular weight excluding hydrogens is 224 g/mol. The summed E-state index contributed by atoms with van der Waals surface area (Å²) in [6.45, 7) is 3.39. The molecule has 1 heterocycles. The lowest BCUT2D eigenvalue weighted by Crippen LogP contribution is -2.11. The van der Waals surface area contributed by atoms with Gasteiger partial charge in [0.1, 0.15) is 5.82 Å². The normalized spacial score (nSPS) is 10.3. The zero-order chi connectivity index (χ0) is 13.0. The van der Waals surface area contributed by atoms with Gasteiger partial charge in [0.15, 0.2) is 0 Å². The lowest BCUT2D eigenvalue weighted by atomic mass is 10.1. The molecule has 0 fully saturated rings. The molecule has 0 aliphatic rings. The molecule has 2 rings (SSSR count). The van der Waals surface area contributed by atoms with Gasteiger partial charge in [0.25, 0.3) is 0 Å². The van der Waals surface area contributed by atoms with E-state index < -0.39 is 0 Å². The molecule has 2 N–H and O–H groups in total. The van der Waals surface area contributed by atoms with E-state index in [0.717, 1.165) is 24.4 Å². The number of nitriles is 1. The van der Waals surface area contributed by atoms with E-state index >= 15 is 0 Å². The van der Waals surface area contributed by atoms with Gasteiger partial charge in [-0.05, 0) is 36.7 Å². The van der Waals surface area contributed by atoms with Gasteiger partial charge in [-0.25, -0.2) is 4.98 Å². The highest BCUT2D eigenvalue weighted by atomic mass is 15.1. The second kappa shape index (κ2) is 5.48. The number of aryl methyl sites for hydroxylation is 1. The molecule has 0 aliphatic heterocycles. The SMILES string of the molecule is Cc1cc(C#N)ccc1Cn1ccnc1CCN. The fourth-order valence-electron chi connectivity index (χ4n) is 1.97. The van der Waals surface area contributed by atoms with E-state index in [1.54, 1.807) is 6.20 Å². The minimum Gasteiger partial charge on any atom is -0.330 e. The van der Waals surface area contributed by atoms with Crippen molar-refractivity contribution in [2.75, 3.05) is 6.54 Å². The number of hydrogen-bond acceptors (Lipinski definition) is 3. The fraction of sp³-hybridized carbons (Fsp3) is 0.286. The number of imidazole rings is 1. The van der Waals surface area contributed by atoms with E-state index in [1.807, 2.05) is 31.3 Å². The Labute approximate surface area is 107 Å². The monoisotopic (exact) mass is 240 g/mol. The van der Waals surface area contributed by atoms with Crippen LogP contribution in [0.15, 0.2) is 30.6 Å². The maximum absolute atomic E-state index is 8.84. The van der Waals surface area contributed by atoms with Crippen LogP contribution < -0.4 is 5.73 Å². The molecule has 0 saturated carbocycles. The molecule has 4 heteroatoms. The topological polar surface area (TPSA) is 67.6 Å². The van der Waals surface area contributed by atoms with Crippen molar-refractivity contribution in [3.05, 3.63) is 53.1 Å². The first-order chi connectivity index (χ1) is 8.74. The van der Waals surface area contributed by atoms with Gasteiger partial charge in [-0.3, -0.25) is 0 Å². The van der Waals surface area contributed by atoms with Gasteiger partial charge in [0.05, 0.1) is 11.6 Å². The van der Waals surface area contributed by atoms with Crippen molar-refractivity contribution in [1.29, 1.82) is 5.26 Å². The number of hydrogen-bond donors (Lipinski definition) is 1. The Morgan fingerprint density at radius 3 is 2.94 bits per heavy atom. The van der Waals surface area contributed by atoms with Gasteiger partial charge >= 0.3 is 0 Å². The molecule has 1 aromatic carbocycles. The van der Waals surface area contributed by atoms with Crippen LogP contribution in [0, 0.1) is 18.3 Å². The Balaban J connectivity index is 2.23. The van der Waals surface area contributed by atoms with Gasteiger partial charge < -0.3 is 10.3 Å². The van der Waals surface area contributed by atoms with Gasteiger partial charge in [-0.15, -0.1) is 0 Å². The molecule has 0 saturated heterocycles. The molecule has 1 aromatic heterocycles. The molecular formula is C14H16N4. The summed E-state index contributed by atoms with van der Waals surface area (Å²) in [4.78, 5) is 4.30. The van der Waals surface area contributed by atoms with E-state index in [0.29, 0.717) is 12.1 Å². The van der Waals surface area contributed by atoms with Crippen molar-refractivity contribution in [2.24, 2.45) is 5.73 Å². The standard InChI is InChI=1S/C14H16N4/c1-11-8-12(9-16)2-3-13(11)10-18-7-6-17-14(18)4-5-15/h2-3,6-8H,4-5,10,15H2,1H3. The van der Waals surface area contributed by atoms with E-state index in [9.17, 15) is 0 Å². The zero-order valence-corrected chi connectivity index (χ0v) is 10.4. The predicted molar refractivity (Wildman–Crippen MR) is 70.0 cm³/mol. The first-order valence-corrected chi connectivity index (χ1v) is 5.94. The lowest BCUT2D eigenvalue weighted by Gasteiger charge is -2.10. The van der Waals surface area contributed by atoms with Crippen molar-refractivity contribution >= 4 is 0 Å². The Morgan fingerprint density at radius 2 is 2.28 bits per heavy atom. The molecule has 0 spiro atoms. The fourth-order valence-corrected chi connectivity index (χ4v) is 1.97. The van der Waals surface area contributed by atoms with Gasteiger partial charge in [-0.2, -0.15) is 5.26 Å². The highest BCUT2D eigenvalue weighted by molar-refractivity contribution is 5.37. The average molecular weight is 240 g/mol. The lowest BCUT2D eigenvalue weighted by molar-refractivity contribution is 0.714. The molecule has 2 aromatic rings. The molecule has 0 unspecified atom stereocenters. The Bertz CT molecular complexity index is 578. The molecule has 0 amide bonds. The van der Waals surface area contributed by atoms with E-state index in [4.69, 9.17) is 11.0 Å². The van der Waals surface area contributed by atoms with Crippen molar-refractivity contribution in [3.8, 4) is 6.07 Å². The van der Waals surface area contributed by atoms with Crippen LogP contribution in [0.3, 0.4) is 0 Å². The Kier molecular flexibility index (Phi) is 3.75. The number of aromatic nitrogens is 2. The summed E-state index contributed by atoms with van der Waals surface area (Å²) in [7, 11) is 0. The zero-order valence-electron chi connectivity index (χ0n) is 10.4. The van der Waals surface area contributed by atoms with E-state index in [2.05, 4.69) is 15.6 Å². The summed E-state index contributed by atoms with van der Waals surface area (Å²) in [5, 5.41) is 8.84. The van der Waals surface area contributed by atoms with Crippen LogP contribution in [-0.4, -0.2) is 16.1 Å². The van der Waals surface area contributed by atoms with E-state index in [1.165, 1.54) is 5.56 Å². The predicted octanol–water partition coefficient (Wildman–Crippen LogP) is 1.61. The minimum atomic E-state index is 0.601. The average Bonchev–Trinajstić information content (AvgIpc) is 2.80. The third kappa shape index (κ3) is 2.58. The second-order valence-electron chi connectivity index (χ2n) is 4.26. The number of nitrogens with two attached hydrogens (primary N) is 1. The van der Waals surface area contributed by atoms with Crippen molar-refractivity contribution in [1.82, 2.24) is 9.55 Å². The van der Waals surface area contributed by atoms with Gasteiger partial charge in [0.2, 0.25) is 0 Å². The quantitative estimate of drug-likeness (QED) is 0.882. The maximum atomic E-state index is 8.84. The Morgan fingerprint density at radius 1 is 1.44 bits per heavy atom. The molecule has 0 aliphatic carbocycles. The van der Waals surface area contributed by atoms with Crippen LogP contribution in [0.5, 0.6) is 0 Å². The van der Waals surface area contributed by atoms with Crippen molar-refractivity contribution < 1.29 is 0 Å². The summed E-state index contributed by atoms with van der Waals surface area (Å²) in [5.74, 6) is 1.00. The molecule has 0 bridgehead atoms. The van der Waals surface area contributed by atoms with E-state index in [-0.39, 0.29) is 0 Å². The second-order valence-corrected chi connectivity index (χ2v) is 4.26. The molecule has 0 radical (unpaired) electrons. The van der Waals surface area contributed by atoms with Crippen molar-refractivity contribution in [2.45, 2.75) is 19.9 Å². The minimum absolute atomic E-state index is 0.601. The highest BCUT2D eigenvalue weighted by Gasteiger charge is 2.05. The smallest absolute Gasteiger partial charge is 0.110 e. The van der Waals surface area contributed by atoms with Crippen LogP contribution in [0.25, 0.3) is 0 Å². The third-order valence-corrected chi connectivity index (χ3v) is 2.98. The molecule has 0 atom stereocenters. The largest absolute Gasteiger partial charge is 0.330 e. The summed E-state index contributed by atoms with van der Waals surface area (Å²) in [6.07, 6.45) is 4.54. The van der Waals surface area contributed by atoms with Crippen LogP contribution in [-0.2, 0) is 13.0 Å². The third-order valence-electron chi connectivity index (χ3n) is 2.98. The molecule has 4 nitrogen and oxygen atoms in total. The highest BCUT2D eigenvalue weighted by Crippen LogP contribution is 2.13. The number of rotatable bonds is 4. The Hall–Kier alpha value is -2.12.